The summed E-state index contributed by atoms with van der Waals surface area (Å²) in [7, 11) is 0. The molecule has 0 aliphatic heterocycles. The van der Waals surface area contributed by atoms with E-state index in [1.54, 1.807) is 18.2 Å². The molecule has 106 valence electrons. The summed E-state index contributed by atoms with van der Waals surface area (Å²) in [6.07, 6.45) is -2.98. The first-order valence-corrected chi connectivity index (χ1v) is 6.48. The first-order chi connectivity index (χ1) is 9.40. The molecule has 1 aromatic heterocycles. The van der Waals surface area contributed by atoms with Gasteiger partial charge in [0.05, 0.1) is 28.8 Å². The van der Waals surface area contributed by atoms with Crippen molar-refractivity contribution in [2.24, 2.45) is 5.73 Å². The lowest BCUT2D eigenvalue weighted by atomic mass is 10.1. The number of benzene rings is 1. The summed E-state index contributed by atoms with van der Waals surface area (Å²) in [5.74, 6) is 0. The van der Waals surface area contributed by atoms with E-state index in [1.807, 2.05) is 0 Å². The summed E-state index contributed by atoms with van der Waals surface area (Å²) in [5.41, 5.74) is 5.78. The van der Waals surface area contributed by atoms with Crippen LogP contribution in [0.1, 0.15) is 11.3 Å². The largest absolute Gasteiger partial charge is 0.418 e. The number of hydrogen-bond donors (Lipinski definition) is 2. The molecule has 0 aliphatic carbocycles. The van der Waals surface area contributed by atoms with Gasteiger partial charge in [-0.05, 0) is 30.3 Å². The maximum absolute atomic E-state index is 13.0. The molecule has 0 saturated carbocycles. The van der Waals surface area contributed by atoms with Crippen LogP contribution < -0.4 is 11.1 Å². The number of halogens is 4. The second-order valence-electron chi connectivity index (χ2n) is 4.06. The van der Waals surface area contributed by atoms with Gasteiger partial charge in [0.25, 0.3) is 0 Å². The molecule has 0 radical (unpaired) electrons. The molecule has 7 heteroatoms. The lowest BCUT2D eigenvalue weighted by molar-refractivity contribution is -0.137. The van der Waals surface area contributed by atoms with Gasteiger partial charge in [0.1, 0.15) is 0 Å². The Hall–Kier alpha value is -1.60. The van der Waals surface area contributed by atoms with Gasteiger partial charge in [-0.25, -0.2) is 0 Å². The average molecular weight is 346 g/mol. The number of hydrogen-bond acceptors (Lipinski definition) is 3. The van der Waals surface area contributed by atoms with Crippen LogP contribution >= 0.6 is 15.9 Å². The average Bonchev–Trinajstić information content (AvgIpc) is 2.40. The van der Waals surface area contributed by atoms with Crippen molar-refractivity contribution in [1.82, 2.24) is 4.98 Å². The summed E-state index contributed by atoms with van der Waals surface area (Å²) in [4.78, 5) is 4.02. The van der Waals surface area contributed by atoms with Crippen LogP contribution in [-0.4, -0.2) is 4.98 Å². The van der Waals surface area contributed by atoms with Crippen molar-refractivity contribution in [3.05, 3.63) is 52.3 Å². The molecule has 0 atom stereocenters. The second kappa shape index (κ2) is 5.80. The van der Waals surface area contributed by atoms with Crippen molar-refractivity contribution in [2.75, 3.05) is 5.32 Å². The zero-order chi connectivity index (χ0) is 14.8. The number of nitrogens with zero attached hydrogens (tertiary/aromatic N) is 1. The lowest BCUT2D eigenvalue weighted by Gasteiger charge is -2.15. The van der Waals surface area contributed by atoms with Crippen LogP contribution in [0.15, 0.2) is 41.0 Å². The Balaban J connectivity index is 2.32. The Kier molecular flexibility index (Phi) is 4.29. The third-order valence-electron chi connectivity index (χ3n) is 2.60. The van der Waals surface area contributed by atoms with Crippen molar-refractivity contribution in [3.8, 4) is 0 Å². The molecule has 0 spiro atoms. The smallest absolute Gasteiger partial charge is 0.354 e. The molecule has 2 rings (SSSR count). The summed E-state index contributed by atoms with van der Waals surface area (Å²) < 4.78 is 39.2. The highest BCUT2D eigenvalue weighted by atomic mass is 79.9. The Bertz CT molecular complexity index is 597. The van der Waals surface area contributed by atoms with Gasteiger partial charge in [-0.3, -0.25) is 4.98 Å². The number of pyridine rings is 1. The Morgan fingerprint density at radius 1 is 1.20 bits per heavy atom. The van der Waals surface area contributed by atoms with Crippen LogP contribution in [0.25, 0.3) is 0 Å². The van der Waals surface area contributed by atoms with E-state index in [2.05, 4.69) is 26.2 Å². The molecule has 3 N–H and O–H groups in total. The minimum Gasteiger partial charge on any atom is -0.354 e. The fourth-order valence-electron chi connectivity index (χ4n) is 1.63. The Morgan fingerprint density at radius 3 is 2.50 bits per heavy atom. The molecule has 1 heterocycles. The molecule has 1 aromatic carbocycles. The monoisotopic (exact) mass is 345 g/mol. The van der Waals surface area contributed by atoms with E-state index in [4.69, 9.17) is 5.73 Å². The van der Waals surface area contributed by atoms with Crippen molar-refractivity contribution >= 4 is 27.3 Å². The van der Waals surface area contributed by atoms with E-state index in [0.29, 0.717) is 15.9 Å². The van der Waals surface area contributed by atoms with Crippen molar-refractivity contribution in [2.45, 2.75) is 12.7 Å². The zero-order valence-corrected chi connectivity index (χ0v) is 11.8. The molecule has 2 aromatic rings. The second-order valence-corrected chi connectivity index (χ2v) is 4.97. The molecule has 20 heavy (non-hydrogen) atoms. The Labute approximate surface area is 122 Å². The molecular formula is C13H11BrF3N3. The fourth-order valence-corrected chi connectivity index (χ4v) is 2.00. The number of nitrogens with two attached hydrogens (primary N) is 1. The van der Waals surface area contributed by atoms with Crippen LogP contribution in [0.3, 0.4) is 0 Å². The predicted molar refractivity (Wildman–Crippen MR) is 74.6 cm³/mol. The van der Waals surface area contributed by atoms with Crippen molar-refractivity contribution < 1.29 is 13.2 Å². The predicted octanol–water partition coefficient (Wildman–Crippen LogP) is 4.07. The lowest BCUT2D eigenvalue weighted by Crippen LogP contribution is -2.09. The third-order valence-corrected chi connectivity index (χ3v) is 3.09. The van der Waals surface area contributed by atoms with Crippen LogP contribution in [0, 0.1) is 0 Å². The highest BCUT2D eigenvalue weighted by Crippen LogP contribution is 2.37. The van der Waals surface area contributed by atoms with Gasteiger partial charge in [-0.15, -0.1) is 0 Å². The third kappa shape index (κ3) is 3.49. The van der Waals surface area contributed by atoms with Crippen LogP contribution in [0.2, 0.25) is 0 Å². The maximum Gasteiger partial charge on any atom is 0.418 e. The van der Waals surface area contributed by atoms with Crippen LogP contribution in [-0.2, 0) is 12.7 Å². The van der Waals surface area contributed by atoms with E-state index in [1.165, 1.54) is 12.3 Å². The maximum atomic E-state index is 13.0. The SMILES string of the molecule is NCc1ccc(Nc2ccc(Br)cc2C(F)(F)F)cn1. The van der Waals surface area contributed by atoms with E-state index in [0.717, 1.165) is 6.07 Å². The van der Waals surface area contributed by atoms with E-state index >= 15 is 0 Å². The van der Waals surface area contributed by atoms with Crippen molar-refractivity contribution in [3.63, 3.8) is 0 Å². The van der Waals surface area contributed by atoms with Gasteiger partial charge in [-0.1, -0.05) is 15.9 Å². The van der Waals surface area contributed by atoms with Gasteiger partial charge in [-0.2, -0.15) is 13.2 Å². The minimum absolute atomic E-state index is 0.0250. The van der Waals surface area contributed by atoms with E-state index < -0.39 is 11.7 Å². The highest BCUT2D eigenvalue weighted by Gasteiger charge is 2.33. The molecule has 0 unspecified atom stereocenters. The van der Waals surface area contributed by atoms with Crippen LogP contribution in [0.5, 0.6) is 0 Å². The molecule has 0 fully saturated rings. The highest BCUT2D eigenvalue weighted by molar-refractivity contribution is 9.10. The topological polar surface area (TPSA) is 50.9 Å². The normalized spacial score (nSPS) is 11.4. The van der Waals surface area contributed by atoms with E-state index in [-0.39, 0.29) is 12.2 Å². The number of nitrogens with one attached hydrogen (secondary N) is 1. The number of aromatic nitrogens is 1. The number of alkyl halides is 3. The summed E-state index contributed by atoms with van der Waals surface area (Å²) in [6.45, 7) is 0.284. The zero-order valence-electron chi connectivity index (χ0n) is 10.2. The summed E-state index contributed by atoms with van der Waals surface area (Å²) in [5, 5.41) is 2.71. The molecule has 0 saturated heterocycles. The summed E-state index contributed by atoms with van der Waals surface area (Å²) in [6, 6.07) is 7.23. The van der Waals surface area contributed by atoms with Gasteiger partial charge < -0.3 is 11.1 Å². The summed E-state index contributed by atoms with van der Waals surface area (Å²) >= 11 is 3.04. The molecular weight excluding hydrogens is 335 g/mol. The quantitative estimate of drug-likeness (QED) is 0.881. The molecule has 3 nitrogen and oxygen atoms in total. The van der Waals surface area contributed by atoms with Crippen molar-refractivity contribution in [1.29, 1.82) is 0 Å². The van der Waals surface area contributed by atoms with Gasteiger partial charge in [0.15, 0.2) is 0 Å². The molecule has 0 bridgehead atoms. The van der Waals surface area contributed by atoms with E-state index in [9.17, 15) is 13.2 Å². The standard InChI is InChI=1S/C13H11BrF3N3/c14-8-1-4-12(11(5-8)13(15,16)17)20-10-3-2-9(6-18)19-7-10/h1-5,7,20H,6,18H2. The molecule has 0 aliphatic rings. The van der Waals surface area contributed by atoms with Gasteiger partial charge in [0.2, 0.25) is 0 Å². The van der Waals surface area contributed by atoms with Gasteiger partial charge in [0, 0.05) is 11.0 Å². The Morgan fingerprint density at radius 2 is 1.95 bits per heavy atom. The fraction of sp³-hybridized carbons (Fsp3) is 0.154. The molecule has 0 amide bonds. The number of anilines is 2. The first-order valence-electron chi connectivity index (χ1n) is 5.69. The number of rotatable bonds is 3. The van der Waals surface area contributed by atoms with Gasteiger partial charge >= 0.3 is 6.18 Å². The minimum atomic E-state index is -4.43. The van der Waals surface area contributed by atoms with Crippen LogP contribution in [0.4, 0.5) is 24.5 Å². The first kappa shape index (κ1) is 14.8.